The fourth-order valence-corrected chi connectivity index (χ4v) is 1.78. The quantitative estimate of drug-likeness (QED) is 0.790. The van der Waals surface area contributed by atoms with Gasteiger partial charge in [-0.15, -0.1) is 0 Å². The zero-order valence-electron chi connectivity index (χ0n) is 12.6. The number of rotatable bonds is 7. The summed E-state index contributed by atoms with van der Waals surface area (Å²) in [6.45, 7) is -0.551. The van der Waals surface area contributed by atoms with Crippen LogP contribution in [0.1, 0.15) is 6.42 Å². The van der Waals surface area contributed by atoms with Crippen LogP contribution >= 0.6 is 0 Å². The van der Waals surface area contributed by atoms with Gasteiger partial charge in [-0.1, -0.05) is 24.3 Å². The lowest BCUT2D eigenvalue weighted by molar-refractivity contribution is -0.147. The van der Waals surface area contributed by atoms with Crippen LogP contribution in [0.2, 0.25) is 0 Å². The maximum atomic E-state index is 13.4. The Bertz CT molecular complexity index is 687. The van der Waals surface area contributed by atoms with Crippen molar-refractivity contribution in [1.82, 2.24) is 0 Å². The number of hydrogen-bond acceptors (Lipinski definition) is 4. The number of para-hydroxylation sites is 2. The summed E-state index contributed by atoms with van der Waals surface area (Å²) in [7, 11) is 0. The first-order valence-electron chi connectivity index (χ1n) is 7.13. The highest BCUT2D eigenvalue weighted by Crippen LogP contribution is 2.17. The van der Waals surface area contributed by atoms with E-state index in [0.717, 1.165) is 12.1 Å². The van der Waals surface area contributed by atoms with Gasteiger partial charge in [0, 0.05) is 0 Å². The standard InChI is InChI=1S/C17H15F2NO4/c18-13-7-4-8-14(19)17(13)20-15(21)11-24-16(22)9-10-23-12-5-2-1-3-6-12/h1-8H,9-11H2,(H,20,21). The minimum absolute atomic E-state index is 0.0593. The minimum Gasteiger partial charge on any atom is -0.493 e. The van der Waals surface area contributed by atoms with Gasteiger partial charge in [0.25, 0.3) is 5.91 Å². The Balaban J connectivity index is 1.70. The summed E-state index contributed by atoms with van der Waals surface area (Å²) in [4.78, 5) is 23.1. The molecule has 7 heteroatoms. The third kappa shape index (κ3) is 5.35. The lowest BCUT2D eigenvalue weighted by Crippen LogP contribution is -2.22. The van der Waals surface area contributed by atoms with E-state index < -0.39 is 35.8 Å². The molecule has 0 heterocycles. The molecule has 24 heavy (non-hydrogen) atoms. The molecule has 0 fully saturated rings. The van der Waals surface area contributed by atoms with Gasteiger partial charge in [0.05, 0.1) is 13.0 Å². The predicted octanol–water partition coefficient (Wildman–Crippen LogP) is 2.92. The molecule has 0 bridgehead atoms. The Kier molecular flexibility index (Phi) is 6.24. The van der Waals surface area contributed by atoms with Crippen molar-refractivity contribution in [2.75, 3.05) is 18.5 Å². The smallest absolute Gasteiger partial charge is 0.309 e. The van der Waals surface area contributed by atoms with Crippen molar-refractivity contribution in [3.63, 3.8) is 0 Å². The first-order chi connectivity index (χ1) is 11.6. The van der Waals surface area contributed by atoms with Crippen LogP contribution in [-0.2, 0) is 14.3 Å². The lowest BCUT2D eigenvalue weighted by atomic mass is 10.3. The summed E-state index contributed by atoms with van der Waals surface area (Å²) < 4.78 is 36.7. The fraction of sp³-hybridized carbons (Fsp3) is 0.176. The van der Waals surface area contributed by atoms with E-state index in [2.05, 4.69) is 0 Å². The second kappa shape index (κ2) is 8.61. The molecule has 0 aromatic heterocycles. The van der Waals surface area contributed by atoms with Gasteiger partial charge in [-0.2, -0.15) is 0 Å². The van der Waals surface area contributed by atoms with Crippen LogP contribution in [0.3, 0.4) is 0 Å². The molecule has 0 spiro atoms. The molecule has 126 valence electrons. The Morgan fingerprint density at radius 1 is 0.958 bits per heavy atom. The molecule has 0 aliphatic carbocycles. The molecule has 2 aromatic rings. The molecule has 2 rings (SSSR count). The molecule has 0 aliphatic rings. The highest BCUT2D eigenvalue weighted by atomic mass is 19.1. The molecule has 0 aliphatic heterocycles. The number of esters is 1. The summed E-state index contributed by atoms with van der Waals surface area (Å²) >= 11 is 0. The molecule has 0 unspecified atom stereocenters. The summed E-state index contributed by atoms with van der Waals surface area (Å²) in [5, 5.41) is 2.02. The van der Waals surface area contributed by atoms with Gasteiger partial charge in [0.2, 0.25) is 0 Å². The van der Waals surface area contributed by atoms with E-state index in [1.54, 1.807) is 24.3 Å². The van der Waals surface area contributed by atoms with Crippen LogP contribution in [0.25, 0.3) is 0 Å². The maximum absolute atomic E-state index is 13.4. The highest BCUT2D eigenvalue weighted by molar-refractivity contribution is 5.93. The summed E-state index contributed by atoms with van der Waals surface area (Å²) in [6.07, 6.45) is -0.0593. The first-order valence-corrected chi connectivity index (χ1v) is 7.13. The van der Waals surface area contributed by atoms with Gasteiger partial charge >= 0.3 is 5.97 Å². The van der Waals surface area contributed by atoms with E-state index in [9.17, 15) is 18.4 Å². The second-order valence-corrected chi connectivity index (χ2v) is 4.72. The van der Waals surface area contributed by atoms with E-state index in [-0.39, 0.29) is 13.0 Å². The third-order valence-corrected chi connectivity index (χ3v) is 2.91. The van der Waals surface area contributed by atoms with Crippen LogP contribution in [0.5, 0.6) is 5.75 Å². The average Bonchev–Trinajstić information content (AvgIpc) is 2.57. The van der Waals surface area contributed by atoms with Gasteiger partial charge in [-0.3, -0.25) is 9.59 Å². The molecule has 1 N–H and O–H groups in total. The fourth-order valence-electron chi connectivity index (χ4n) is 1.78. The Morgan fingerprint density at radius 3 is 2.29 bits per heavy atom. The van der Waals surface area contributed by atoms with E-state index in [1.807, 2.05) is 11.4 Å². The van der Waals surface area contributed by atoms with Crippen LogP contribution in [0.4, 0.5) is 14.5 Å². The van der Waals surface area contributed by atoms with Crippen molar-refractivity contribution in [3.8, 4) is 5.75 Å². The predicted molar refractivity (Wildman–Crippen MR) is 82.5 cm³/mol. The van der Waals surface area contributed by atoms with Crippen LogP contribution in [0, 0.1) is 11.6 Å². The van der Waals surface area contributed by atoms with Crippen molar-refractivity contribution >= 4 is 17.6 Å². The number of halogens is 2. The van der Waals surface area contributed by atoms with E-state index >= 15 is 0 Å². The van der Waals surface area contributed by atoms with Gasteiger partial charge in [-0.05, 0) is 24.3 Å². The zero-order valence-corrected chi connectivity index (χ0v) is 12.6. The number of carbonyl (C=O) groups excluding carboxylic acids is 2. The van der Waals surface area contributed by atoms with Crippen molar-refractivity contribution in [2.45, 2.75) is 6.42 Å². The molecule has 0 radical (unpaired) electrons. The molecular weight excluding hydrogens is 320 g/mol. The van der Waals surface area contributed by atoms with Crippen LogP contribution in [0.15, 0.2) is 48.5 Å². The van der Waals surface area contributed by atoms with Gasteiger partial charge < -0.3 is 14.8 Å². The molecule has 0 saturated heterocycles. The number of benzene rings is 2. The second-order valence-electron chi connectivity index (χ2n) is 4.72. The molecule has 1 amide bonds. The Labute approximate surface area is 137 Å². The molecule has 2 aromatic carbocycles. The minimum atomic E-state index is -0.911. The Hall–Kier alpha value is -2.96. The number of ether oxygens (including phenoxy) is 2. The van der Waals surface area contributed by atoms with E-state index in [1.165, 1.54) is 6.07 Å². The monoisotopic (exact) mass is 335 g/mol. The summed E-state index contributed by atoms with van der Waals surface area (Å²) in [5.74, 6) is -2.71. The van der Waals surface area contributed by atoms with Gasteiger partial charge in [-0.25, -0.2) is 8.78 Å². The molecule has 0 atom stereocenters. The van der Waals surface area contributed by atoms with E-state index in [4.69, 9.17) is 9.47 Å². The van der Waals surface area contributed by atoms with Gasteiger partial charge in [0.1, 0.15) is 23.1 Å². The zero-order chi connectivity index (χ0) is 17.4. The normalized spacial score (nSPS) is 10.1. The van der Waals surface area contributed by atoms with E-state index in [0.29, 0.717) is 5.75 Å². The first kappa shape index (κ1) is 17.4. The number of anilines is 1. The van der Waals surface area contributed by atoms with Crippen LogP contribution < -0.4 is 10.1 Å². The van der Waals surface area contributed by atoms with Crippen molar-refractivity contribution in [1.29, 1.82) is 0 Å². The van der Waals surface area contributed by atoms with Crippen molar-refractivity contribution in [3.05, 3.63) is 60.2 Å². The SMILES string of the molecule is O=C(COC(=O)CCOc1ccccc1)Nc1c(F)cccc1F. The lowest BCUT2D eigenvalue weighted by Gasteiger charge is -2.09. The molecule has 0 saturated carbocycles. The average molecular weight is 335 g/mol. The number of nitrogens with one attached hydrogen (secondary N) is 1. The molecular formula is C17H15F2NO4. The van der Waals surface area contributed by atoms with Crippen molar-refractivity contribution in [2.24, 2.45) is 0 Å². The number of carbonyl (C=O) groups is 2. The number of hydrogen-bond donors (Lipinski definition) is 1. The van der Waals surface area contributed by atoms with Crippen LogP contribution in [-0.4, -0.2) is 25.1 Å². The largest absolute Gasteiger partial charge is 0.493 e. The maximum Gasteiger partial charge on any atom is 0.309 e. The molecule has 5 nitrogen and oxygen atoms in total. The summed E-state index contributed by atoms with van der Waals surface area (Å²) in [6, 6.07) is 12.1. The third-order valence-electron chi connectivity index (χ3n) is 2.91. The number of amides is 1. The van der Waals surface area contributed by atoms with Gasteiger partial charge in [0.15, 0.2) is 6.61 Å². The topological polar surface area (TPSA) is 64.6 Å². The Morgan fingerprint density at radius 2 is 1.62 bits per heavy atom. The summed E-state index contributed by atoms with van der Waals surface area (Å²) in [5.41, 5.74) is -0.578. The highest BCUT2D eigenvalue weighted by Gasteiger charge is 2.13. The van der Waals surface area contributed by atoms with Crippen molar-refractivity contribution < 1.29 is 27.8 Å².